The van der Waals surface area contributed by atoms with Gasteiger partial charge in [-0.15, -0.1) is 0 Å². The van der Waals surface area contributed by atoms with Gasteiger partial charge in [-0.2, -0.15) is 0 Å². The molecule has 1 aromatic carbocycles. The quantitative estimate of drug-likeness (QED) is 0.791. The number of benzene rings is 1. The molecule has 0 aliphatic carbocycles. The lowest BCUT2D eigenvalue weighted by atomic mass is 10.2. The summed E-state index contributed by atoms with van der Waals surface area (Å²) in [6, 6.07) is 7.25. The Morgan fingerprint density at radius 2 is 2.05 bits per heavy atom. The van der Waals surface area contributed by atoms with Crippen molar-refractivity contribution >= 4 is 16.9 Å². The van der Waals surface area contributed by atoms with E-state index in [4.69, 9.17) is 10.2 Å². The van der Waals surface area contributed by atoms with Gasteiger partial charge in [-0.1, -0.05) is 12.1 Å². The molecule has 0 radical (unpaired) electrons. The fourth-order valence-electron chi connectivity index (χ4n) is 2.38. The molecule has 1 atom stereocenters. The Kier molecular flexibility index (Phi) is 5.30. The van der Waals surface area contributed by atoms with Crippen molar-refractivity contribution in [3.8, 4) is 0 Å². The average Bonchev–Trinajstić information content (AvgIpc) is 2.94. The third kappa shape index (κ3) is 3.40. The highest BCUT2D eigenvalue weighted by Gasteiger charge is 2.22. The molecule has 0 saturated carbocycles. The van der Waals surface area contributed by atoms with Crippen molar-refractivity contribution in [3.05, 3.63) is 30.6 Å². The van der Waals surface area contributed by atoms with Crippen LogP contribution in [0.25, 0.3) is 11.0 Å². The molecular weight excluding hydrogens is 270 g/mol. The van der Waals surface area contributed by atoms with Crippen molar-refractivity contribution in [2.75, 3.05) is 26.3 Å². The number of carbonyl (C=O) groups excluding carboxylic acids is 1. The molecule has 1 unspecified atom stereocenters. The molecule has 1 heterocycles. The Morgan fingerprint density at radius 1 is 1.29 bits per heavy atom. The molecule has 21 heavy (non-hydrogen) atoms. The minimum absolute atomic E-state index is 0.0254. The summed E-state index contributed by atoms with van der Waals surface area (Å²) in [5.74, 6) is -0.0827. The lowest BCUT2D eigenvalue weighted by Gasteiger charge is -2.25. The van der Waals surface area contributed by atoms with E-state index in [0.29, 0.717) is 13.0 Å². The number of hydrogen-bond acceptors (Lipinski definition) is 4. The van der Waals surface area contributed by atoms with Crippen molar-refractivity contribution < 1.29 is 15.0 Å². The maximum atomic E-state index is 12.6. The topological polar surface area (TPSA) is 78.6 Å². The number of carbonyl (C=O) groups is 1. The molecule has 2 N–H and O–H groups in total. The molecule has 0 saturated heterocycles. The first-order chi connectivity index (χ1) is 10.2. The summed E-state index contributed by atoms with van der Waals surface area (Å²) in [7, 11) is 0. The number of aliphatic hydroxyl groups is 2. The monoisotopic (exact) mass is 291 g/mol. The van der Waals surface area contributed by atoms with Crippen LogP contribution in [0, 0.1) is 0 Å². The smallest absolute Gasteiger partial charge is 0.245 e. The summed E-state index contributed by atoms with van der Waals surface area (Å²) in [5, 5.41) is 18.0. The van der Waals surface area contributed by atoms with Gasteiger partial charge in [0.05, 0.1) is 24.0 Å². The number of nitrogens with zero attached hydrogens (tertiary/aromatic N) is 3. The Bertz CT molecular complexity index is 597. The zero-order chi connectivity index (χ0) is 15.2. The lowest BCUT2D eigenvalue weighted by molar-refractivity contribution is -0.134. The Labute approximate surface area is 123 Å². The molecule has 0 aliphatic heterocycles. The summed E-state index contributed by atoms with van der Waals surface area (Å²) in [6.07, 6.45) is 2.17. The van der Waals surface area contributed by atoms with E-state index in [1.165, 1.54) is 0 Å². The highest BCUT2D eigenvalue weighted by atomic mass is 16.3. The second kappa shape index (κ2) is 7.19. The highest BCUT2D eigenvalue weighted by Crippen LogP contribution is 2.19. The molecule has 0 aliphatic rings. The number of amides is 1. The van der Waals surface area contributed by atoms with E-state index in [1.807, 2.05) is 35.8 Å². The number of hydrogen-bond donors (Lipinski definition) is 2. The fourth-order valence-corrected chi connectivity index (χ4v) is 2.38. The molecule has 2 rings (SSSR count). The molecule has 1 aromatic heterocycles. The minimum atomic E-state index is -0.400. The van der Waals surface area contributed by atoms with E-state index in [0.717, 1.165) is 11.0 Å². The van der Waals surface area contributed by atoms with Crippen molar-refractivity contribution in [1.82, 2.24) is 14.5 Å². The summed E-state index contributed by atoms with van der Waals surface area (Å²) in [4.78, 5) is 18.4. The predicted octanol–water partition coefficient (Wildman–Crippen LogP) is 0.801. The van der Waals surface area contributed by atoms with Gasteiger partial charge in [-0.25, -0.2) is 4.98 Å². The maximum Gasteiger partial charge on any atom is 0.245 e. The van der Waals surface area contributed by atoms with Gasteiger partial charge in [0.15, 0.2) is 0 Å². The second-order valence-electron chi connectivity index (χ2n) is 4.94. The zero-order valence-electron chi connectivity index (χ0n) is 12.1. The molecule has 114 valence electrons. The van der Waals surface area contributed by atoms with Crippen LogP contribution in [0.5, 0.6) is 0 Å². The van der Waals surface area contributed by atoms with Crippen LogP contribution in [0.15, 0.2) is 30.6 Å². The summed E-state index contributed by atoms with van der Waals surface area (Å²) in [6.45, 7) is 2.47. The van der Waals surface area contributed by atoms with Crippen LogP contribution in [-0.4, -0.2) is 56.9 Å². The Morgan fingerprint density at radius 3 is 2.76 bits per heavy atom. The molecule has 0 bridgehead atoms. The number of imidazole rings is 1. The van der Waals surface area contributed by atoms with Gasteiger partial charge in [-0.05, 0) is 25.5 Å². The van der Waals surface area contributed by atoms with Crippen LogP contribution in [0.1, 0.15) is 19.4 Å². The molecule has 6 heteroatoms. The Hall–Kier alpha value is -1.92. The van der Waals surface area contributed by atoms with Crippen molar-refractivity contribution in [2.45, 2.75) is 19.4 Å². The van der Waals surface area contributed by atoms with Gasteiger partial charge in [0.25, 0.3) is 0 Å². The van der Waals surface area contributed by atoms with Gasteiger partial charge >= 0.3 is 0 Å². The summed E-state index contributed by atoms with van der Waals surface area (Å²) in [5.41, 5.74) is 1.76. The van der Waals surface area contributed by atoms with E-state index in [-0.39, 0.29) is 25.7 Å². The largest absolute Gasteiger partial charge is 0.396 e. The van der Waals surface area contributed by atoms with Crippen LogP contribution in [0.4, 0.5) is 0 Å². The molecule has 2 aromatic rings. The van der Waals surface area contributed by atoms with Crippen molar-refractivity contribution in [2.24, 2.45) is 0 Å². The van der Waals surface area contributed by atoms with E-state index in [1.54, 1.807) is 11.2 Å². The van der Waals surface area contributed by atoms with E-state index in [9.17, 15) is 4.79 Å². The second-order valence-corrected chi connectivity index (χ2v) is 4.94. The first-order valence-corrected chi connectivity index (χ1v) is 7.11. The summed E-state index contributed by atoms with van der Waals surface area (Å²) >= 11 is 0. The molecule has 6 nitrogen and oxygen atoms in total. The van der Waals surface area contributed by atoms with Crippen LogP contribution in [0.3, 0.4) is 0 Å². The predicted molar refractivity (Wildman–Crippen MR) is 79.8 cm³/mol. The molecule has 0 fully saturated rings. The number of fused-ring (bicyclic) bond motifs is 1. The van der Waals surface area contributed by atoms with Crippen molar-refractivity contribution in [3.63, 3.8) is 0 Å². The first-order valence-electron chi connectivity index (χ1n) is 7.11. The SMILES string of the molecule is CC(C(=O)N(CCO)CCCO)n1cnc2ccccc21. The van der Waals surface area contributed by atoms with Crippen LogP contribution >= 0.6 is 0 Å². The number of aliphatic hydroxyl groups excluding tert-OH is 2. The molecule has 1 amide bonds. The lowest BCUT2D eigenvalue weighted by Crippen LogP contribution is -2.39. The standard InChI is InChI=1S/C15H21N3O3/c1-12(15(21)17(8-10-20)7-4-9-19)18-11-16-13-5-2-3-6-14(13)18/h2-3,5-6,11-12,19-20H,4,7-10H2,1H3. The van der Waals surface area contributed by atoms with Gasteiger partial charge < -0.3 is 19.7 Å². The van der Waals surface area contributed by atoms with E-state index in [2.05, 4.69) is 4.98 Å². The highest BCUT2D eigenvalue weighted by molar-refractivity contribution is 5.83. The van der Waals surface area contributed by atoms with Crippen LogP contribution < -0.4 is 0 Å². The number of rotatable bonds is 7. The van der Waals surface area contributed by atoms with Crippen LogP contribution in [-0.2, 0) is 4.79 Å². The van der Waals surface area contributed by atoms with Gasteiger partial charge in [0.2, 0.25) is 5.91 Å². The Balaban J connectivity index is 2.20. The average molecular weight is 291 g/mol. The fraction of sp³-hybridized carbons (Fsp3) is 0.467. The molecular formula is C15H21N3O3. The van der Waals surface area contributed by atoms with Gasteiger partial charge in [-0.3, -0.25) is 4.79 Å². The van der Waals surface area contributed by atoms with Crippen molar-refractivity contribution in [1.29, 1.82) is 0 Å². The van der Waals surface area contributed by atoms with Crippen LogP contribution in [0.2, 0.25) is 0 Å². The normalized spacial score (nSPS) is 12.5. The third-order valence-electron chi connectivity index (χ3n) is 3.52. The van der Waals surface area contributed by atoms with Gasteiger partial charge in [0.1, 0.15) is 6.04 Å². The zero-order valence-corrected chi connectivity index (χ0v) is 12.1. The summed E-state index contributed by atoms with van der Waals surface area (Å²) < 4.78 is 1.83. The van der Waals surface area contributed by atoms with Gasteiger partial charge in [0, 0.05) is 19.7 Å². The molecule has 0 spiro atoms. The number of para-hydroxylation sites is 2. The van der Waals surface area contributed by atoms with E-state index < -0.39 is 6.04 Å². The van der Waals surface area contributed by atoms with E-state index >= 15 is 0 Å². The minimum Gasteiger partial charge on any atom is -0.396 e. The third-order valence-corrected chi connectivity index (χ3v) is 3.52. The first kappa shape index (κ1) is 15.5. The number of aromatic nitrogens is 2. The maximum absolute atomic E-state index is 12.6.